The summed E-state index contributed by atoms with van der Waals surface area (Å²) in [5, 5.41) is 15.3. The second kappa shape index (κ2) is 9.66. The fourth-order valence-corrected chi connectivity index (χ4v) is 4.94. The predicted octanol–water partition coefficient (Wildman–Crippen LogP) is 4.66. The van der Waals surface area contributed by atoms with E-state index in [1.54, 1.807) is 29.7 Å². The van der Waals surface area contributed by atoms with E-state index in [0.717, 1.165) is 50.0 Å². The van der Waals surface area contributed by atoms with Crippen molar-refractivity contribution in [3.63, 3.8) is 0 Å². The molecule has 1 fully saturated rings. The SMILES string of the molecule is CCN(CC)CC(C)(C)CN1CCC[C@H]1c1csc(Nc2cc(C#N)ccn2)n1. The third-order valence-electron chi connectivity index (χ3n) is 5.53. The van der Waals surface area contributed by atoms with E-state index >= 15 is 0 Å². The van der Waals surface area contributed by atoms with Crippen LogP contribution in [-0.4, -0.2) is 52.5 Å². The Kier molecular flexibility index (Phi) is 7.23. The zero-order valence-electron chi connectivity index (χ0n) is 18.0. The summed E-state index contributed by atoms with van der Waals surface area (Å²) in [4.78, 5) is 14.3. The molecule has 2 aromatic heterocycles. The quantitative estimate of drug-likeness (QED) is 0.646. The molecule has 1 aliphatic heterocycles. The number of anilines is 2. The molecule has 1 aliphatic rings. The monoisotopic (exact) mass is 412 g/mol. The fraction of sp³-hybridized carbons (Fsp3) is 0.591. The number of aromatic nitrogens is 2. The van der Waals surface area contributed by atoms with Crippen molar-refractivity contribution in [3.05, 3.63) is 35.0 Å². The van der Waals surface area contributed by atoms with Gasteiger partial charge in [-0.05, 0) is 50.0 Å². The number of rotatable bonds is 9. The average Bonchev–Trinajstić information content (AvgIpc) is 3.35. The number of hydrogen-bond acceptors (Lipinski definition) is 7. The number of likely N-dealkylation sites (tertiary alicyclic amines) is 1. The van der Waals surface area contributed by atoms with Crippen molar-refractivity contribution in [1.82, 2.24) is 19.8 Å². The van der Waals surface area contributed by atoms with Crippen LogP contribution in [0.4, 0.5) is 10.9 Å². The van der Waals surface area contributed by atoms with E-state index in [-0.39, 0.29) is 5.41 Å². The summed E-state index contributed by atoms with van der Waals surface area (Å²) in [6, 6.07) is 5.98. The third kappa shape index (κ3) is 5.75. The minimum absolute atomic E-state index is 0.243. The summed E-state index contributed by atoms with van der Waals surface area (Å²) in [6.07, 6.45) is 4.02. The van der Waals surface area contributed by atoms with Crippen molar-refractivity contribution in [1.29, 1.82) is 5.26 Å². The summed E-state index contributed by atoms with van der Waals surface area (Å²) in [5.41, 5.74) is 1.98. The number of hydrogen-bond donors (Lipinski definition) is 1. The Bertz CT molecular complexity index is 836. The van der Waals surface area contributed by atoms with Gasteiger partial charge < -0.3 is 10.2 Å². The first kappa shape index (κ1) is 21.7. The standard InChI is InChI=1S/C22H32N6S/c1-5-27(6-2)15-22(3,4)16-28-11-7-8-19(28)18-14-29-21(25-18)26-20-12-17(13-23)9-10-24-20/h9-10,12,14,19H,5-8,11,15-16H2,1-4H3,(H,24,25,26)/t19-/m0/s1. The summed E-state index contributed by atoms with van der Waals surface area (Å²) in [5.74, 6) is 0.661. The molecule has 3 heterocycles. The summed E-state index contributed by atoms with van der Waals surface area (Å²) in [6.45, 7) is 14.8. The fourth-order valence-electron chi connectivity index (χ4n) is 4.18. The molecule has 0 unspecified atom stereocenters. The van der Waals surface area contributed by atoms with Gasteiger partial charge in [0.1, 0.15) is 5.82 Å². The van der Waals surface area contributed by atoms with Crippen LogP contribution in [-0.2, 0) is 0 Å². The Morgan fingerprint density at radius 1 is 1.38 bits per heavy atom. The molecule has 1 N–H and O–H groups in total. The normalized spacial score (nSPS) is 17.6. The average molecular weight is 413 g/mol. The largest absolute Gasteiger partial charge is 0.316 e. The summed E-state index contributed by atoms with van der Waals surface area (Å²) in [7, 11) is 0. The molecule has 2 aromatic rings. The van der Waals surface area contributed by atoms with Crippen molar-refractivity contribution in [2.24, 2.45) is 5.41 Å². The van der Waals surface area contributed by atoms with Gasteiger partial charge in [-0.3, -0.25) is 4.90 Å². The molecule has 0 aromatic carbocycles. The van der Waals surface area contributed by atoms with Gasteiger partial charge in [0.05, 0.1) is 23.4 Å². The van der Waals surface area contributed by atoms with Crippen molar-refractivity contribution in [2.45, 2.75) is 46.6 Å². The zero-order chi connectivity index (χ0) is 20.9. The van der Waals surface area contributed by atoms with Crippen molar-refractivity contribution in [2.75, 3.05) is 38.0 Å². The van der Waals surface area contributed by atoms with Crippen LogP contribution in [0.3, 0.4) is 0 Å². The smallest absolute Gasteiger partial charge is 0.188 e. The van der Waals surface area contributed by atoms with Gasteiger partial charge in [0, 0.05) is 24.7 Å². The lowest BCUT2D eigenvalue weighted by Crippen LogP contribution is -2.42. The Morgan fingerprint density at radius 3 is 2.90 bits per heavy atom. The van der Waals surface area contributed by atoms with E-state index in [4.69, 9.17) is 10.2 Å². The first-order chi connectivity index (χ1) is 13.9. The van der Waals surface area contributed by atoms with Crippen LogP contribution >= 0.6 is 11.3 Å². The molecule has 29 heavy (non-hydrogen) atoms. The van der Waals surface area contributed by atoms with Crippen molar-refractivity contribution >= 4 is 22.3 Å². The van der Waals surface area contributed by atoms with Gasteiger partial charge in [-0.2, -0.15) is 5.26 Å². The van der Waals surface area contributed by atoms with Gasteiger partial charge in [-0.25, -0.2) is 9.97 Å². The van der Waals surface area contributed by atoms with Crippen molar-refractivity contribution in [3.8, 4) is 6.07 Å². The molecule has 0 bridgehead atoms. The lowest BCUT2D eigenvalue weighted by molar-refractivity contribution is 0.117. The lowest BCUT2D eigenvalue weighted by atomic mass is 9.91. The van der Waals surface area contributed by atoms with E-state index in [1.807, 2.05) is 0 Å². The van der Waals surface area contributed by atoms with Gasteiger partial charge in [-0.15, -0.1) is 11.3 Å². The molecule has 0 aliphatic carbocycles. The zero-order valence-corrected chi connectivity index (χ0v) is 18.8. The molecular weight excluding hydrogens is 380 g/mol. The Balaban J connectivity index is 1.66. The maximum Gasteiger partial charge on any atom is 0.188 e. The minimum Gasteiger partial charge on any atom is -0.316 e. The van der Waals surface area contributed by atoms with Crippen LogP contribution < -0.4 is 5.32 Å². The predicted molar refractivity (Wildman–Crippen MR) is 119 cm³/mol. The van der Waals surface area contributed by atoms with Gasteiger partial charge in [0.15, 0.2) is 5.13 Å². The van der Waals surface area contributed by atoms with Gasteiger partial charge in [0.2, 0.25) is 0 Å². The topological polar surface area (TPSA) is 68.1 Å². The molecule has 156 valence electrons. The number of pyridine rings is 1. The number of thiazole rings is 1. The van der Waals surface area contributed by atoms with Crippen LogP contribution in [0, 0.1) is 16.7 Å². The molecular formula is C22H32N6S. The number of nitrogens with one attached hydrogen (secondary N) is 1. The molecule has 1 saturated heterocycles. The first-order valence-electron chi connectivity index (χ1n) is 10.5. The van der Waals surface area contributed by atoms with E-state index in [1.165, 1.54) is 6.42 Å². The van der Waals surface area contributed by atoms with Crippen LogP contribution in [0.25, 0.3) is 0 Å². The Labute approximate surface area is 178 Å². The highest BCUT2D eigenvalue weighted by Crippen LogP contribution is 2.36. The second-order valence-electron chi connectivity index (χ2n) is 8.50. The van der Waals surface area contributed by atoms with E-state index in [0.29, 0.717) is 17.4 Å². The molecule has 6 nitrogen and oxygen atoms in total. The van der Waals surface area contributed by atoms with Crippen LogP contribution in [0.2, 0.25) is 0 Å². The molecule has 3 rings (SSSR count). The first-order valence-corrected chi connectivity index (χ1v) is 11.4. The molecule has 0 saturated carbocycles. The van der Waals surface area contributed by atoms with E-state index < -0.39 is 0 Å². The molecule has 1 atom stereocenters. The second-order valence-corrected chi connectivity index (χ2v) is 9.36. The number of nitriles is 1. The molecule has 0 spiro atoms. The van der Waals surface area contributed by atoms with Crippen LogP contribution in [0.15, 0.2) is 23.7 Å². The Hall–Kier alpha value is -2.01. The minimum atomic E-state index is 0.243. The highest BCUT2D eigenvalue weighted by atomic mass is 32.1. The third-order valence-corrected chi connectivity index (χ3v) is 6.30. The summed E-state index contributed by atoms with van der Waals surface area (Å²) >= 11 is 1.60. The molecule has 0 radical (unpaired) electrons. The van der Waals surface area contributed by atoms with Gasteiger partial charge in [0.25, 0.3) is 0 Å². The molecule has 7 heteroatoms. The van der Waals surface area contributed by atoms with Gasteiger partial charge >= 0.3 is 0 Å². The van der Waals surface area contributed by atoms with E-state index in [9.17, 15) is 0 Å². The number of nitrogens with zero attached hydrogens (tertiary/aromatic N) is 5. The highest BCUT2D eigenvalue weighted by molar-refractivity contribution is 7.13. The maximum atomic E-state index is 9.06. The summed E-state index contributed by atoms with van der Waals surface area (Å²) < 4.78 is 0. The molecule has 0 amide bonds. The Morgan fingerprint density at radius 2 is 2.17 bits per heavy atom. The van der Waals surface area contributed by atoms with Crippen molar-refractivity contribution < 1.29 is 0 Å². The van der Waals surface area contributed by atoms with E-state index in [2.05, 4.69) is 59.2 Å². The highest BCUT2D eigenvalue weighted by Gasteiger charge is 2.33. The van der Waals surface area contributed by atoms with Crippen LogP contribution in [0.1, 0.15) is 57.8 Å². The van der Waals surface area contributed by atoms with Crippen LogP contribution in [0.5, 0.6) is 0 Å². The van der Waals surface area contributed by atoms with Gasteiger partial charge in [-0.1, -0.05) is 27.7 Å². The maximum absolute atomic E-state index is 9.06. The lowest BCUT2D eigenvalue weighted by Gasteiger charge is -2.36.